The molecule has 192 valence electrons. The number of benzene rings is 2. The van der Waals surface area contributed by atoms with Crippen LogP contribution >= 0.6 is 0 Å². The van der Waals surface area contributed by atoms with Gasteiger partial charge in [-0.2, -0.15) is 0 Å². The van der Waals surface area contributed by atoms with Gasteiger partial charge in [0.05, 0.1) is 5.60 Å². The molecule has 0 bridgehead atoms. The van der Waals surface area contributed by atoms with Crippen molar-refractivity contribution in [1.29, 1.82) is 0 Å². The highest BCUT2D eigenvalue weighted by Gasteiger charge is 2.66. The van der Waals surface area contributed by atoms with Crippen LogP contribution in [0, 0.1) is 39.9 Å². The molecule has 2 aromatic carbocycles. The van der Waals surface area contributed by atoms with Crippen LogP contribution in [0.3, 0.4) is 0 Å². The molecular weight excluding hydrogens is 440 g/mol. The third-order valence-corrected chi connectivity index (χ3v) is 12.4. The average Bonchev–Trinajstić information content (AvgIpc) is 3.22. The zero-order valence-corrected chi connectivity index (χ0v) is 22.7. The van der Waals surface area contributed by atoms with Crippen molar-refractivity contribution in [3.63, 3.8) is 0 Å². The average molecular weight is 485 g/mol. The number of ketones is 1. The third-order valence-electron chi connectivity index (χ3n) is 12.4. The molecule has 2 nitrogen and oxygen atoms in total. The Balaban J connectivity index is 1.31. The van der Waals surface area contributed by atoms with E-state index in [1.165, 1.54) is 25.7 Å². The molecule has 0 unspecified atom stereocenters. The highest BCUT2D eigenvalue weighted by molar-refractivity contribution is 6.04. The normalized spacial score (nSPS) is 43.8. The van der Waals surface area contributed by atoms with Crippen molar-refractivity contribution >= 4 is 5.78 Å². The first kappa shape index (κ1) is 24.4. The smallest absolute Gasteiger partial charge is 0.167 e. The van der Waals surface area contributed by atoms with Crippen molar-refractivity contribution in [2.75, 3.05) is 0 Å². The van der Waals surface area contributed by atoms with Crippen molar-refractivity contribution in [3.05, 3.63) is 60.2 Å². The molecule has 36 heavy (non-hydrogen) atoms. The summed E-state index contributed by atoms with van der Waals surface area (Å²) in [5.41, 5.74) is 3.35. The lowest BCUT2D eigenvalue weighted by Gasteiger charge is -2.67. The maximum atomic E-state index is 14.3. The van der Waals surface area contributed by atoms with Gasteiger partial charge in [-0.3, -0.25) is 4.79 Å². The Bertz CT molecular complexity index is 1150. The summed E-state index contributed by atoms with van der Waals surface area (Å²) in [5, 5.41) is 10.9. The maximum absolute atomic E-state index is 14.3. The minimum absolute atomic E-state index is 0.0917. The summed E-state index contributed by atoms with van der Waals surface area (Å²) in [6.45, 7) is 9.69. The van der Waals surface area contributed by atoms with E-state index in [9.17, 15) is 9.90 Å². The van der Waals surface area contributed by atoms with Gasteiger partial charge in [-0.1, -0.05) is 75.4 Å². The lowest BCUT2D eigenvalue weighted by molar-refractivity contribution is -0.195. The molecule has 4 fully saturated rings. The summed E-state index contributed by atoms with van der Waals surface area (Å²) < 4.78 is 0. The predicted molar refractivity (Wildman–Crippen MR) is 147 cm³/mol. The summed E-state index contributed by atoms with van der Waals surface area (Å²) in [4.78, 5) is 14.3. The molecule has 4 aliphatic carbocycles. The van der Waals surface area contributed by atoms with Crippen LogP contribution in [0.1, 0.15) is 95.8 Å². The highest BCUT2D eigenvalue weighted by Crippen LogP contribution is 2.73. The van der Waals surface area contributed by atoms with E-state index in [-0.39, 0.29) is 11.3 Å². The number of carbonyl (C=O) groups is 1. The molecule has 0 spiro atoms. The van der Waals surface area contributed by atoms with Gasteiger partial charge in [0.25, 0.3) is 0 Å². The quantitative estimate of drug-likeness (QED) is 0.445. The Morgan fingerprint density at radius 1 is 0.750 bits per heavy atom. The largest absolute Gasteiger partial charge is 0.390 e. The van der Waals surface area contributed by atoms with Crippen LogP contribution < -0.4 is 0 Å². The second kappa shape index (κ2) is 8.29. The number of Topliss-reactive ketones (excluding diaryl/α,β-unsaturated/α-hetero) is 1. The van der Waals surface area contributed by atoms with E-state index in [4.69, 9.17) is 0 Å². The zero-order chi connectivity index (χ0) is 25.3. The summed E-state index contributed by atoms with van der Waals surface area (Å²) >= 11 is 0. The van der Waals surface area contributed by atoms with Gasteiger partial charge < -0.3 is 5.11 Å². The van der Waals surface area contributed by atoms with Crippen LogP contribution in [0.2, 0.25) is 0 Å². The van der Waals surface area contributed by atoms with Crippen LogP contribution in [0.15, 0.2) is 54.6 Å². The summed E-state index contributed by atoms with van der Waals surface area (Å²) in [6.07, 6.45) is 10.2. The van der Waals surface area contributed by atoms with Gasteiger partial charge in [-0.25, -0.2) is 0 Å². The molecular formula is C34H44O2. The zero-order valence-electron chi connectivity index (χ0n) is 22.7. The lowest BCUT2D eigenvalue weighted by atomic mass is 9.38. The Labute approximate surface area is 217 Å². The molecule has 2 aromatic rings. The van der Waals surface area contributed by atoms with Crippen molar-refractivity contribution in [1.82, 2.24) is 0 Å². The number of rotatable bonds is 3. The molecule has 4 aliphatic rings. The van der Waals surface area contributed by atoms with Crippen molar-refractivity contribution in [2.45, 2.75) is 91.1 Å². The fraction of sp³-hybridized carbons (Fsp3) is 0.618. The molecule has 0 amide bonds. The van der Waals surface area contributed by atoms with E-state index in [1.807, 2.05) is 12.1 Å². The molecule has 0 aromatic heterocycles. The maximum Gasteiger partial charge on any atom is 0.167 e. The topological polar surface area (TPSA) is 37.3 Å². The van der Waals surface area contributed by atoms with E-state index in [0.29, 0.717) is 34.4 Å². The summed E-state index contributed by atoms with van der Waals surface area (Å²) in [6, 6.07) is 18.7. The number of carbonyl (C=O) groups excluding carboxylic acids is 1. The predicted octanol–water partition coefficient (Wildman–Crippen LogP) is 8.34. The van der Waals surface area contributed by atoms with Crippen molar-refractivity contribution in [2.24, 2.45) is 39.9 Å². The molecule has 6 rings (SSSR count). The first-order chi connectivity index (χ1) is 17.1. The molecule has 0 aliphatic heterocycles. The molecule has 0 radical (unpaired) electrons. The van der Waals surface area contributed by atoms with Crippen molar-refractivity contribution < 1.29 is 9.90 Å². The minimum Gasteiger partial charge on any atom is -0.390 e. The molecule has 4 saturated carbocycles. The highest BCUT2D eigenvalue weighted by atomic mass is 16.3. The fourth-order valence-electron chi connectivity index (χ4n) is 10.0. The number of aliphatic hydroxyl groups is 1. The van der Waals surface area contributed by atoms with E-state index < -0.39 is 5.60 Å². The second-order valence-electron chi connectivity index (χ2n) is 13.9. The minimum atomic E-state index is -0.492. The summed E-state index contributed by atoms with van der Waals surface area (Å²) in [5.74, 6) is 2.45. The first-order valence-corrected chi connectivity index (χ1v) is 14.5. The third kappa shape index (κ3) is 3.43. The Hall–Kier alpha value is -1.93. The molecule has 0 heterocycles. The van der Waals surface area contributed by atoms with Gasteiger partial charge in [-0.05, 0) is 110 Å². The number of hydrogen-bond donors (Lipinski definition) is 1. The SMILES string of the molecule is C[C@@]1(O)CC[C@@]2(C)[C@@H](CC[C@H]3[C@@H]4CC[C@H](C(=O)c5ccccc5-c5ccccc5)[C@@]4(C)CC[C@@]32C)C1. The molecule has 2 heteroatoms. The summed E-state index contributed by atoms with van der Waals surface area (Å²) in [7, 11) is 0. The van der Waals surface area contributed by atoms with E-state index in [1.54, 1.807) is 0 Å². The Morgan fingerprint density at radius 2 is 1.42 bits per heavy atom. The Morgan fingerprint density at radius 3 is 2.19 bits per heavy atom. The van der Waals surface area contributed by atoms with Crippen LogP contribution in [0.25, 0.3) is 11.1 Å². The number of fused-ring (bicyclic) bond motifs is 5. The fourth-order valence-corrected chi connectivity index (χ4v) is 10.0. The van der Waals surface area contributed by atoms with Gasteiger partial charge in [0.2, 0.25) is 0 Å². The van der Waals surface area contributed by atoms with Crippen LogP contribution in [0.5, 0.6) is 0 Å². The standard InChI is InChI=1S/C34H44O2/c1-31(36)18-20-33(3)24(22-31)14-15-28-27-16-17-29(32(27,2)19-21-34(28,33)4)30(35)26-13-9-8-12-25(26)23-10-6-5-7-11-23/h5-13,24,27-29,36H,14-22H2,1-4H3/t24-,27-,28-,29+,31+,32-,33-,34-/m0/s1. The van der Waals surface area contributed by atoms with Crippen LogP contribution in [0.4, 0.5) is 0 Å². The van der Waals surface area contributed by atoms with E-state index in [2.05, 4.69) is 70.2 Å². The van der Waals surface area contributed by atoms with Crippen molar-refractivity contribution in [3.8, 4) is 11.1 Å². The van der Waals surface area contributed by atoms with Crippen LogP contribution in [-0.2, 0) is 0 Å². The van der Waals surface area contributed by atoms with Gasteiger partial charge in [0, 0.05) is 11.5 Å². The molecule has 0 saturated heterocycles. The number of hydrogen-bond acceptors (Lipinski definition) is 2. The van der Waals surface area contributed by atoms with Gasteiger partial charge in [0.15, 0.2) is 5.78 Å². The van der Waals surface area contributed by atoms with Crippen LogP contribution in [-0.4, -0.2) is 16.5 Å². The van der Waals surface area contributed by atoms with Gasteiger partial charge in [0.1, 0.15) is 0 Å². The van der Waals surface area contributed by atoms with E-state index >= 15 is 0 Å². The second-order valence-corrected chi connectivity index (χ2v) is 13.9. The Kier molecular flexibility index (Phi) is 5.62. The van der Waals surface area contributed by atoms with Gasteiger partial charge >= 0.3 is 0 Å². The van der Waals surface area contributed by atoms with E-state index in [0.717, 1.165) is 48.8 Å². The molecule has 8 atom stereocenters. The van der Waals surface area contributed by atoms with Gasteiger partial charge in [-0.15, -0.1) is 0 Å². The first-order valence-electron chi connectivity index (χ1n) is 14.5. The monoisotopic (exact) mass is 484 g/mol. The lowest BCUT2D eigenvalue weighted by Crippen LogP contribution is -2.61. The molecule has 1 N–H and O–H groups in total.